The van der Waals surface area contributed by atoms with Crippen LogP contribution in [-0.2, 0) is 6.42 Å². The highest BCUT2D eigenvalue weighted by molar-refractivity contribution is 5.27. The van der Waals surface area contributed by atoms with E-state index in [1.54, 1.807) is 19.1 Å². The van der Waals surface area contributed by atoms with Gasteiger partial charge in [0.25, 0.3) is 0 Å². The molecule has 0 spiro atoms. The van der Waals surface area contributed by atoms with Gasteiger partial charge in [-0.25, -0.2) is 13.2 Å². The SMILES string of the molecule is Cc1cc(F)ccc1CCNC(C)c1cccc(F)c1F. The molecule has 1 nitrogen and oxygen atoms in total. The van der Waals surface area contributed by atoms with Crippen LogP contribution >= 0.6 is 0 Å². The molecule has 0 saturated carbocycles. The van der Waals surface area contributed by atoms with Crippen molar-refractivity contribution in [3.63, 3.8) is 0 Å². The zero-order chi connectivity index (χ0) is 15.4. The van der Waals surface area contributed by atoms with E-state index >= 15 is 0 Å². The largest absolute Gasteiger partial charge is 0.310 e. The molecule has 112 valence electrons. The molecule has 0 aliphatic carbocycles. The highest BCUT2D eigenvalue weighted by Crippen LogP contribution is 2.19. The van der Waals surface area contributed by atoms with Crippen LogP contribution in [0.15, 0.2) is 36.4 Å². The monoisotopic (exact) mass is 293 g/mol. The molecule has 0 saturated heterocycles. The van der Waals surface area contributed by atoms with Gasteiger partial charge in [-0.1, -0.05) is 18.2 Å². The van der Waals surface area contributed by atoms with Crippen LogP contribution in [0.4, 0.5) is 13.2 Å². The van der Waals surface area contributed by atoms with E-state index in [9.17, 15) is 13.2 Å². The normalized spacial score (nSPS) is 12.4. The second-order valence-electron chi connectivity index (χ2n) is 5.14. The fraction of sp³-hybridized carbons (Fsp3) is 0.294. The van der Waals surface area contributed by atoms with E-state index in [4.69, 9.17) is 0 Å². The predicted octanol–water partition coefficient (Wildman–Crippen LogP) is 4.31. The van der Waals surface area contributed by atoms with Crippen molar-refractivity contribution in [1.82, 2.24) is 5.32 Å². The fourth-order valence-electron chi connectivity index (χ4n) is 2.33. The third-order valence-corrected chi connectivity index (χ3v) is 3.60. The van der Waals surface area contributed by atoms with Crippen LogP contribution < -0.4 is 5.32 Å². The zero-order valence-corrected chi connectivity index (χ0v) is 12.1. The van der Waals surface area contributed by atoms with Crippen molar-refractivity contribution in [3.05, 3.63) is 70.5 Å². The summed E-state index contributed by atoms with van der Waals surface area (Å²) in [5.41, 5.74) is 2.24. The second kappa shape index (κ2) is 6.76. The Bertz CT molecular complexity index is 625. The van der Waals surface area contributed by atoms with Crippen LogP contribution in [0.2, 0.25) is 0 Å². The van der Waals surface area contributed by atoms with E-state index in [0.717, 1.165) is 17.2 Å². The molecule has 21 heavy (non-hydrogen) atoms. The van der Waals surface area contributed by atoms with Crippen LogP contribution in [0.25, 0.3) is 0 Å². The molecule has 2 rings (SSSR count). The molecule has 0 fully saturated rings. The molecule has 0 heterocycles. The minimum Gasteiger partial charge on any atom is -0.310 e. The quantitative estimate of drug-likeness (QED) is 0.866. The first-order chi connectivity index (χ1) is 9.99. The summed E-state index contributed by atoms with van der Waals surface area (Å²) < 4.78 is 39.8. The highest BCUT2D eigenvalue weighted by Gasteiger charge is 2.13. The van der Waals surface area contributed by atoms with Gasteiger partial charge in [-0.15, -0.1) is 0 Å². The minimum absolute atomic E-state index is 0.251. The van der Waals surface area contributed by atoms with Crippen LogP contribution in [0.3, 0.4) is 0 Å². The van der Waals surface area contributed by atoms with Gasteiger partial charge >= 0.3 is 0 Å². The standard InChI is InChI=1S/C17H18F3N/c1-11-10-14(18)7-6-13(11)8-9-21-12(2)15-4-3-5-16(19)17(15)20/h3-7,10,12,21H,8-9H2,1-2H3. The number of aryl methyl sites for hydroxylation is 1. The molecule has 1 unspecified atom stereocenters. The van der Waals surface area contributed by atoms with Crippen LogP contribution in [0.1, 0.15) is 29.7 Å². The molecule has 1 N–H and O–H groups in total. The highest BCUT2D eigenvalue weighted by atomic mass is 19.2. The van der Waals surface area contributed by atoms with Crippen molar-refractivity contribution in [3.8, 4) is 0 Å². The molecule has 0 radical (unpaired) electrons. The Kier molecular flexibility index (Phi) is 5.02. The summed E-state index contributed by atoms with van der Waals surface area (Å²) >= 11 is 0. The number of rotatable bonds is 5. The lowest BCUT2D eigenvalue weighted by molar-refractivity contribution is 0.474. The Labute approximate surface area is 122 Å². The van der Waals surface area contributed by atoms with Crippen LogP contribution in [-0.4, -0.2) is 6.54 Å². The van der Waals surface area contributed by atoms with Crippen molar-refractivity contribution in [2.45, 2.75) is 26.3 Å². The summed E-state index contributed by atoms with van der Waals surface area (Å²) in [6.45, 7) is 4.24. The van der Waals surface area contributed by atoms with Gasteiger partial charge in [0.05, 0.1) is 0 Å². The number of nitrogens with one attached hydrogen (secondary N) is 1. The molecule has 1 atom stereocenters. The van der Waals surface area contributed by atoms with Gasteiger partial charge in [0.15, 0.2) is 11.6 Å². The lowest BCUT2D eigenvalue weighted by Gasteiger charge is -2.16. The number of benzene rings is 2. The molecule has 0 aliphatic rings. The van der Waals surface area contributed by atoms with Gasteiger partial charge in [-0.2, -0.15) is 0 Å². The third kappa shape index (κ3) is 3.85. The topological polar surface area (TPSA) is 12.0 Å². The Morgan fingerprint density at radius 3 is 2.57 bits per heavy atom. The van der Waals surface area contributed by atoms with E-state index < -0.39 is 11.6 Å². The lowest BCUT2D eigenvalue weighted by atomic mass is 10.0. The lowest BCUT2D eigenvalue weighted by Crippen LogP contribution is -2.22. The van der Waals surface area contributed by atoms with Gasteiger partial charge in [0.2, 0.25) is 0 Å². The first-order valence-electron chi connectivity index (χ1n) is 6.91. The molecule has 0 aromatic heterocycles. The van der Waals surface area contributed by atoms with E-state index in [-0.39, 0.29) is 11.9 Å². The average Bonchev–Trinajstić information content (AvgIpc) is 2.44. The Hall–Kier alpha value is -1.81. The maximum absolute atomic E-state index is 13.7. The van der Waals surface area contributed by atoms with E-state index in [2.05, 4.69) is 5.32 Å². The summed E-state index contributed by atoms with van der Waals surface area (Å²) in [7, 11) is 0. The molecule has 4 heteroatoms. The molecule has 0 bridgehead atoms. The molecular formula is C17H18F3N. The average molecular weight is 293 g/mol. The minimum atomic E-state index is -0.837. The maximum Gasteiger partial charge on any atom is 0.163 e. The van der Waals surface area contributed by atoms with Gasteiger partial charge in [0.1, 0.15) is 5.82 Å². The van der Waals surface area contributed by atoms with Crippen molar-refractivity contribution in [1.29, 1.82) is 0 Å². The van der Waals surface area contributed by atoms with E-state index in [1.165, 1.54) is 18.2 Å². The molecule has 2 aromatic rings. The first-order valence-corrected chi connectivity index (χ1v) is 6.91. The maximum atomic E-state index is 13.7. The summed E-state index contributed by atoms with van der Waals surface area (Å²) in [5, 5.41) is 3.16. The van der Waals surface area contributed by atoms with Gasteiger partial charge in [0, 0.05) is 11.6 Å². The van der Waals surface area contributed by atoms with Crippen LogP contribution in [0.5, 0.6) is 0 Å². The van der Waals surface area contributed by atoms with Gasteiger partial charge in [-0.05, 0) is 56.1 Å². The summed E-state index contributed by atoms with van der Waals surface area (Å²) in [6, 6.07) is 8.55. The van der Waals surface area contributed by atoms with Crippen molar-refractivity contribution in [2.75, 3.05) is 6.54 Å². The summed E-state index contributed by atoms with van der Waals surface area (Å²) in [6.07, 6.45) is 0.702. The Morgan fingerprint density at radius 1 is 1.10 bits per heavy atom. The second-order valence-corrected chi connectivity index (χ2v) is 5.14. The summed E-state index contributed by atoms with van der Waals surface area (Å²) in [4.78, 5) is 0. The Morgan fingerprint density at radius 2 is 1.86 bits per heavy atom. The molecule has 0 amide bonds. The van der Waals surface area contributed by atoms with Gasteiger partial charge in [-0.3, -0.25) is 0 Å². The predicted molar refractivity (Wildman–Crippen MR) is 77.6 cm³/mol. The first kappa shape index (κ1) is 15.6. The Balaban J connectivity index is 1.95. The van der Waals surface area contributed by atoms with Gasteiger partial charge < -0.3 is 5.32 Å². The summed E-state index contributed by atoms with van der Waals surface area (Å²) in [5.74, 6) is -1.90. The van der Waals surface area contributed by atoms with E-state index in [0.29, 0.717) is 18.5 Å². The number of hydrogen-bond donors (Lipinski definition) is 1. The number of hydrogen-bond acceptors (Lipinski definition) is 1. The molecule has 0 aliphatic heterocycles. The zero-order valence-electron chi connectivity index (χ0n) is 12.1. The fourth-order valence-corrected chi connectivity index (χ4v) is 2.33. The van der Waals surface area contributed by atoms with E-state index in [1.807, 2.05) is 6.92 Å². The van der Waals surface area contributed by atoms with Crippen molar-refractivity contribution >= 4 is 0 Å². The number of halogens is 3. The molecular weight excluding hydrogens is 275 g/mol. The smallest absolute Gasteiger partial charge is 0.163 e. The third-order valence-electron chi connectivity index (χ3n) is 3.60. The van der Waals surface area contributed by atoms with Crippen molar-refractivity contribution < 1.29 is 13.2 Å². The van der Waals surface area contributed by atoms with Crippen LogP contribution in [0, 0.1) is 24.4 Å². The van der Waals surface area contributed by atoms with Crippen molar-refractivity contribution in [2.24, 2.45) is 0 Å². The molecule has 2 aromatic carbocycles.